The maximum atomic E-state index is 12.2. The minimum absolute atomic E-state index is 0.0237. The SMILES string of the molecule is Nc1ncc(C(F)F)c(N)c1CO. The van der Waals surface area contributed by atoms with E-state index in [1.807, 2.05) is 0 Å². The van der Waals surface area contributed by atoms with E-state index in [0.29, 0.717) is 0 Å². The Labute approximate surface area is 73.2 Å². The Morgan fingerprint density at radius 1 is 1.46 bits per heavy atom. The highest BCUT2D eigenvalue weighted by Gasteiger charge is 2.16. The van der Waals surface area contributed by atoms with Crippen LogP contribution in [0.25, 0.3) is 0 Å². The second-order valence-electron chi connectivity index (χ2n) is 2.45. The first-order chi connectivity index (χ1) is 6.07. The summed E-state index contributed by atoms with van der Waals surface area (Å²) in [7, 11) is 0. The molecule has 0 radical (unpaired) electrons. The van der Waals surface area contributed by atoms with Gasteiger partial charge in [0.1, 0.15) is 5.82 Å². The summed E-state index contributed by atoms with van der Waals surface area (Å²) in [6.45, 7) is -0.495. The molecule has 0 fully saturated rings. The molecule has 1 heterocycles. The largest absolute Gasteiger partial charge is 0.398 e. The minimum Gasteiger partial charge on any atom is -0.398 e. The molecule has 0 aliphatic carbocycles. The predicted molar refractivity (Wildman–Crippen MR) is 43.9 cm³/mol. The molecule has 1 aromatic rings. The predicted octanol–water partition coefficient (Wildman–Crippen LogP) is 0.676. The number of nitrogens with zero attached hydrogens (tertiary/aromatic N) is 1. The van der Waals surface area contributed by atoms with Gasteiger partial charge >= 0.3 is 0 Å². The number of rotatable bonds is 2. The number of halogens is 2. The molecule has 0 unspecified atom stereocenters. The number of aromatic nitrogens is 1. The lowest BCUT2D eigenvalue weighted by Gasteiger charge is -2.09. The Morgan fingerprint density at radius 3 is 2.54 bits per heavy atom. The van der Waals surface area contributed by atoms with Crippen molar-refractivity contribution >= 4 is 11.5 Å². The molecule has 1 aromatic heterocycles. The average molecular weight is 189 g/mol. The number of alkyl halides is 2. The molecule has 0 spiro atoms. The maximum Gasteiger partial charge on any atom is 0.267 e. The zero-order chi connectivity index (χ0) is 10.0. The standard InChI is InChI=1S/C7H9F2N3O/c8-6(9)3-1-12-7(11)4(2-13)5(3)10/h1,6,13H,2H2,(H4,10,11,12). The Hall–Kier alpha value is -1.43. The normalized spacial score (nSPS) is 10.8. The fraction of sp³-hybridized carbons (Fsp3) is 0.286. The van der Waals surface area contributed by atoms with Crippen LogP contribution < -0.4 is 11.5 Å². The van der Waals surface area contributed by atoms with Crippen molar-refractivity contribution in [2.75, 3.05) is 11.5 Å². The van der Waals surface area contributed by atoms with E-state index in [2.05, 4.69) is 4.98 Å². The molecule has 13 heavy (non-hydrogen) atoms. The molecule has 6 heteroatoms. The topological polar surface area (TPSA) is 85.2 Å². The summed E-state index contributed by atoms with van der Waals surface area (Å²) in [4.78, 5) is 3.49. The molecular formula is C7H9F2N3O. The Balaban J connectivity index is 3.27. The molecule has 1 rings (SSSR count). The highest BCUT2D eigenvalue weighted by atomic mass is 19.3. The zero-order valence-corrected chi connectivity index (χ0v) is 6.67. The maximum absolute atomic E-state index is 12.2. The molecule has 5 N–H and O–H groups in total. The Bertz CT molecular complexity index is 317. The van der Waals surface area contributed by atoms with Crippen molar-refractivity contribution in [3.63, 3.8) is 0 Å². The fourth-order valence-electron chi connectivity index (χ4n) is 0.939. The first-order valence-electron chi connectivity index (χ1n) is 3.49. The summed E-state index contributed by atoms with van der Waals surface area (Å²) in [6.07, 6.45) is -1.80. The molecule has 0 saturated carbocycles. The van der Waals surface area contributed by atoms with E-state index in [4.69, 9.17) is 16.6 Å². The van der Waals surface area contributed by atoms with Crippen molar-refractivity contribution < 1.29 is 13.9 Å². The number of hydrogen-bond donors (Lipinski definition) is 3. The van der Waals surface area contributed by atoms with E-state index in [1.165, 1.54) is 0 Å². The highest BCUT2D eigenvalue weighted by Crippen LogP contribution is 2.29. The van der Waals surface area contributed by atoms with Crippen molar-refractivity contribution in [2.24, 2.45) is 0 Å². The summed E-state index contributed by atoms with van der Waals surface area (Å²) in [6, 6.07) is 0. The van der Waals surface area contributed by atoms with E-state index in [-0.39, 0.29) is 17.1 Å². The molecule has 0 aromatic carbocycles. The van der Waals surface area contributed by atoms with Gasteiger partial charge in [-0.3, -0.25) is 0 Å². The Morgan fingerprint density at radius 2 is 2.08 bits per heavy atom. The lowest BCUT2D eigenvalue weighted by molar-refractivity contribution is 0.151. The van der Waals surface area contributed by atoms with Gasteiger partial charge in [0.15, 0.2) is 0 Å². The summed E-state index contributed by atoms with van der Waals surface area (Å²) in [5.41, 5.74) is 10.1. The van der Waals surface area contributed by atoms with Gasteiger partial charge in [0, 0.05) is 11.8 Å². The molecule has 0 atom stereocenters. The summed E-state index contributed by atoms with van der Waals surface area (Å²) < 4.78 is 24.5. The van der Waals surface area contributed by atoms with E-state index in [9.17, 15) is 8.78 Å². The van der Waals surface area contributed by atoms with Crippen LogP contribution in [0.5, 0.6) is 0 Å². The van der Waals surface area contributed by atoms with Crippen molar-refractivity contribution in [1.29, 1.82) is 0 Å². The zero-order valence-electron chi connectivity index (χ0n) is 6.67. The lowest BCUT2D eigenvalue weighted by Crippen LogP contribution is -2.06. The lowest BCUT2D eigenvalue weighted by atomic mass is 10.1. The third-order valence-corrected chi connectivity index (χ3v) is 1.68. The second kappa shape index (κ2) is 3.53. The van der Waals surface area contributed by atoms with Crippen LogP contribution in [0.4, 0.5) is 20.3 Å². The second-order valence-corrected chi connectivity index (χ2v) is 2.45. The number of hydrogen-bond acceptors (Lipinski definition) is 4. The average Bonchev–Trinajstić information content (AvgIpc) is 2.04. The number of aliphatic hydroxyl groups excluding tert-OH is 1. The fourth-order valence-corrected chi connectivity index (χ4v) is 0.939. The molecule has 0 amide bonds. The van der Waals surface area contributed by atoms with Gasteiger partial charge in [0.05, 0.1) is 17.9 Å². The minimum atomic E-state index is -2.71. The molecule has 0 aliphatic rings. The number of aliphatic hydroxyl groups is 1. The van der Waals surface area contributed by atoms with Crippen molar-refractivity contribution in [1.82, 2.24) is 4.98 Å². The van der Waals surface area contributed by atoms with Crippen molar-refractivity contribution in [3.05, 3.63) is 17.3 Å². The molecule has 0 bridgehead atoms. The third-order valence-electron chi connectivity index (χ3n) is 1.68. The van der Waals surface area contributed by atoms with Crippen LogP contribution in [0.3, 0.4) is 0 Å². The molecule has 0 aliphatic heterocycles. The number of nitrogen functional groups attached to an aromatic ring is 2. The van der Waals surface area contributed by atoms with Crippen LogP contribution in [-0.4, -0.2) is 10.1 Å². The van der Waals surface area contributed by atoms with Gasteiger partial charge in [-0.25, -0.2) is 13.8 Å². The van der Waals surface area contributed by atoms with Gasteiger partial charge in [0.25, 0.3) is 6.43 Å². The van der Waals surface area contributed by atoms with Gasteiger partial charge in [-0.1, -0.05) is 0 Å². The van der Waals surface area contributed by atoms with Crippen LogP contribution in [0, 0.1) is 0 Å². The van der Waals surface area contributed by atoms with E-state index < -0.39 is 18.6 Å². The first-order valence-corrected chi connectivity index (χ1v) is 3.49. The molecule has 72 valence electrons. The number of anilines is 2. The first kappa shape index (κ1) is 9.66. The Kier molecular flexibility index (Phi) is 2.62. The summed E-state index contributed by atoms with van der Waals surface area (Å²) in [5.74, 6) is -0.0237. The van der Waals surface area contributed by atoms with Gasteiger partial charge in [0.2, 0.25) is 0 Å². The van der Waals surface area contributed by atoms with Gasteiger partial charge in [-0.15, -0.1) is 0 Å². The van der Waals surface area contributed by atoms with Crippen molar-refractivity contribution in [2.45, 2.75) is 13.0 Å². The van der Waals surface area contributed by atoms with Gasteiger partial charge in [-0.2, -0.15) is 0 Å². The third kappa shape index (κ3) is 1.67. The molecule has 4 nitrogen and oxygen atoms in total. The van der Waals surface area contributed by atoms with Gasteiger partial charge < -0.3 is 16.6 Å². The van der Waals surface area contributed by atoms with Crippen LogP contribution in [-0.2, 0) is 6.61 Å². The van der Waals surface area contributed by atoms with Crippen LogP contribution in [0.2, 0.25) is 0 Å². The number of pyridine rings is 1. The smallest absolute Gasteiger partial charge is 0.267 e. The summed E-state index contributed by atoms with van der Waals surface area (Å²) >= 11 is 0. The van der Waals surface area contributed by atoms with Crippen LogP contribution in [0.15, 0.2) is 6.20 Å². The van der Waals surface area contributed by atoms with Crippen LogP contribution in [0.1, 0.15) is 17.6 Å². The van der Waals surface area contributed by atoms with Crippen molar-refractivity contribution in [3.8, 4) is 0 Å². The van der Waals surface area contributed by atoms with Gasteiger partial charge in [-0.05, 0) is 0 Å². The summed E-state index contributed by atoms with van der Waals surface area (Å²) in [5, 5.41) is 8.76. The quantitative estimate of drug-likeness (QED) is 0.638. The highest BCUT2D eigenvalue weighted by molar-refractivity contribution is 5.61. The monoisotopic (exact) mass is 189 g/mol. The van der Waals surface area contributed by atoms with E-state index in [1.54, 1.807) is 0 Å². The van der Waals surface area contributed by atoms with E-state index in [0.717, 1.165) is 6.20 Å². The van der Waals surface area contributed by atoms with E-state index >= 15 is 0 Å². The molecular weight excluding hydrogens is 180 g/mol. The number of nitrogens with two attached hydrogens (primary N) is 2. The van der Waals surface area contributed by atoms with Crippen LogP contribution >= 0.6 is 0 Å². The molecule has 0 saturated heterocycles.